The summed E-state index contributed by atoms with van der Waals surface area (Å²) in [5, 5.41) is 31.6. The molecule has 0 saturated carbocycles. The first-order valence-electron chi connectivity index (χ1n) is 24.2. The van der Waals surface area contributed by atoms with Crippen LogP contribution in [-0.4, -0.2) is 175 Å². The van der Waals surface area contributed by atoms with E-state index in [-0.39, 0.29) is 63.1 Å². The number of aliphatic hydroxyl groups excluding tert-OH is 1. The Morgan fingerprint density at radius 2 is 1.27 bits per heavy atom. The van der Waals surface area contributed by atoms with Crippen LogP contribution in [0.3, 0.4) is 0 Å². The summed E-state index contributed by atoms with van der Waals surface area (Å²) in [4.78, 5) is 139. The van der Waals surface area contributed by atoms with Crippen molar-refractivity contribution >= 4 is 65.0 Å². The fourth-order valence-electron chi connectivity index (χ4n) is 7.42. The van der Waals surface area contributed by atoms with Gasteiger partial charge in [0.2, 0.25) is 59.1 Å². The summed E-state index contributed by atoms with van der Waals surface area (Å²) in [5.74, 6) is -7.61. The molecule has 0 aromatic heterocycles. The molecule has 1 rings (SSSR count). The van der Waals surface area contributed by atoms with Gasteiger partial charge in [0.1, 0.15) is 42.3 Å². The molecule has 0 aromatic rings. The fraction of sp³-hybridized carbons (Fsp3) is 0.756. The molecule has 398 valence electrons. The second-order valence-corrected chi connectivity index (χ2v) is 18.0. The highest BCUT2D eigenvalue weighted by Crippen LogP contribution is 2.20. The summed E-state index contributed by atoms with van der Waals surface area (Å²) in [6.45, 7) is 13.0. The van der Waals surface area contributed by atoms with Crippen LogP contribution in [0.1, 0.15) is 113 Å². The second kappa shape index (κ2) is 31.9. The van der Waals surface area contributed by atoms with E-state index in [1.165, 1.54) is 25.8 Å². The Balaban J connectivity index is 3.29. The molecule has 1 aliphatic rings. The quantitative estimate of drug-likeness (QED) is 0.0181. The number of hydrogen-bond acceptors (Lipinski definition) is 13. The molecule has 1 fully saturated rings. The minimum atomic E-state index is -1.64. The number of nitrogens with two attached hydrogens (primary N) is 3. The molecule has 0 radical (unpaired) electrons. The van der Waals surface area contributed by atoms with E-state index in [0.29, 0.717) is 45.2 Å². The average Bonchev–Trinajstić information content (AvgIpc) is 3.80. The third kappa shape index (κ3) is 21.3. The maximum atomic E-state index is 14.1. The van der Waals surface area contributed by atoms with Crippen LogP contribution >= 0.6 is 0 Å². The highest BCUT2D eigenvalue weighted by molar-refractivity contribution is 5.98. The van der Waals surface area contributed by atoms with Gasteiger partial charge in [-0.25, -0.2) is 0 Å². The third-order valence-electron chi connectivity index (χ3n) is 11.8. The topological polar surface area (TPSA) is 384 Å². The first-order valence-corrected chi connectivity index (χ1v) is 24.2. The van der Waals surface area contributed by atoms with E-state index >= 15 is 0 Å². The van der Waals surface area contributed by atoms with Gasteiger partial charge in [0.25, 0.3) is 0 Å². The van der Waals surface area contributed by atoms with Crippen LogP contribution in [0.15, 0.2) is 4.99 Å². The molecule has 9 atom stereocenters. The summed E-state index contributed by atoms with van der Waals surface area (Å²) >= 11 is 0. The molecule has 0 bridgehead atoms. The van der Waals surface area contributed by atoms with Crippen molar-refractivity contribution in [1.29, 1.82) is 0 Å². The van der Waals surface area contributed by atoms with Gasteiger partial charge >= 0.3 is 0 Å². The molecular formula is C45H82N14O11. The van der Waals surface area contributed by atoms with E-state index in [9.17, 15) is 53.1 Å². The van der Waals surface area contributed by atoms with Crippen LogP contribution in [-0.2, 0) is 47.9 Å². The van der Waals surface area contributed by atoms with Crippen molar-refractivity contribution in [3.63, 3.8) is 0 Å². The number of rotatable bonds is 31. The number of hydrogen-bond donors (Lipinski definition) is 12. The van der Waals surface area contributed by atoms with Crippen LogP contribution in [0.25, 0.3) is 0 Å². The van der Waals surface area contributed by atoms with Crippen LogP contribution in [0, 0.1) is 11.8 Å². The molecule has 1 saturated heterocycles. The zero-order chi connectivity index (χ0) is 53.2. The lowest BCUT2D eigenvalue weighted by molar-refractivity contribution is -0.142. The molecular weight excluding hydrogens is 913 g/mol. The van der Waals surface area contributed by atoms with E-state index in [0.717, 1.165) is 4.90 Å². The minimum absolute atomic E-state index is 0.00381. The van der Waals surface area contributed by atoms with E-state index in [2.05, 4.69) is 47.5 Å². The van der Waals surface area contributed by atoms with Gasteiger partial charge in [0.15, 0.2) is 5.96 Å². The first-order chi connectivity index (χ1) is 32.9. The lowest BCUT2D eigenvalue weighted by atomic mass is 9.96. The van der Waals surface area contributed by atoms with Crippen LogP contribution in [0.2, 0.25) is 0 Å². The van der Waals surface area contributed by atoms with Crippen LogP contribution < -0.4 is 59.7 Å². The zero-order valence-electron chi connectivity index (χ0n) is 42.5. The number of aliphatic imine (C=N–C) groups is 1. The van der Waals surface area contributed by atoms with Crippen molar-refractivity contribution < 1.29 is 53.1 Å². The van der Waals surface area contributed by atoms with E-state index in [4.69, 9.17) is 17.2 Å². The van der Waals surface area contributed by atoms with Crippen molar-refractivity contribution in [3.8, 4) is 0 Å². The van der Waals surface area contributed by atoms with Gasteiger partial charge in [-0.05, 0) is 77.2 Å². The maximum absolute atomic E-state index is 14.1. The van der Waals surface area contributed by atoms with Crippen molar-refractivity contribution in [2.24, 2.45) is 34.0 Å². The maximum Gasteiger partial charge on any atom is 0.245 e. The summed E-state index contributed by atoms with van der Waals surface area (Å²) in [7, 11) is 1.42. The largest absolute Gasteiger partial charge is 0.391 e. The summed E-state index contributed by atoms with van der Waals surface area (Å²) in [5.41, 5.74) is 16.7. The van der Waals surface area contributed by atoms with Crippen molar-refractivity contribution in [2.45, 2.75) is 162 Å². The van der Waals surface area contributed by atoms with E-state index < -0.39 is 114 Å². The third-order valence-corrected chi connectivity index (χ3v) is 11.8. The normalized spacial score (nSPS) is 16.6. The van der Waals surface area contributed by atoms with Gasteiger partial charge in [0, 0.05) is 33.6 Å². The Hall–Kier alpha value is -6.11. The molecule has 0 unspecified atom stereocenters. The Labute approximate surface area is 411 Å². The number of nitrogens with one attached hydrogen (secondary N) is 8. The summed E-state index contributed by atoms with van der Waals surface area (Å²) < 4.78 is 0. The highest BCUT2D eigenvalue weighted by atomic mass is 16.3. The van der Waals surface area contributed by atoms with Gasteiger partial charge in [-0.2, -0.15) is 0 Å². The number of likely N-dealkylation sites (tertiary alicyclic amines) is 1. The predicted molar refractivity (Wildman–Crippen MR) is 260 cm³/mol. The Kier molecular flexibility index (Phi) is 28.2. The molecule has 10 amide bonds. The summed E-state index contributed by atoms with van der Waals surface area (Å²) in [6.07, 6.45) is 1.02. The summed E-state index contributed by atoms with van der Waals surface area (Å²) in [6, 6.07) is -8.42. The average molecular weight is 995 g/mol. The van der Waals surface area contributed by atoms with Gasteiger partial charge in [-0.3, -0.25) is 52.9 Å². The number of carbonyl (C=O) groups is 10. The second-order valence-electron chi connectivity index (χ2n) is 18.0. The van der Waals surface area contributed by atoms with Crippen molar-refractivity contribution in [2.75, 3.05) is 46.3 Å². The van der Waals surface area contributed by atoms with Crippen LogP contribution in [0.4, 0.5) is 0 Å². The fourth-order valence-corrected chi connectivity index (χ4v) is 7.42. The van der Waals surface area contributed by atoms with Gasteiger partial charge in [-0.15, -0.1) is 0 Å². The lowest BCUT2D eigenvalue weighted by Gasteiger charge is -2.31. The molecule has 1 heterocycles. The Morgan fingerprint density at radius 3 is 1.80 bits per heavy atom. The number of guanidine groups is 1. The number of amides is 10. The molecule has 0 aliphatic carbocycles. The Morgan fingerprint density at radius 1 is 0.714 bits per heavy atom. The number of nitrogens with zero attached hydrogens (tertiary/aromatic N) is 3. The molecule has 25 heteroatoms. The van der Waals surface area contributed by atoms with E-state index in [1.807, 2.05) is 0 Å². The molecule has 25 nitrogen and oxygen atoms in total. The smallest absolute Gasteiger partial charge is 0.245 e. The minimum Gasteiger partial charge on any atom is -0.391 e. The van der Waals surface area contributed by atoms with E-state index in [1.54, 1.807) is 41.5 Å². The molecule has 70 heavy (non-hydrogen) atoms. The van der Waals surface area contributed by atoms with Crippen LogP contribution in [0.5, 0.6) is 0 Å². The zero-order valence-corrected chi connectivity index (χ0v) is 42.5. The monoisotopic (exact) mass is 995 g/mol. The van der Waals surface area contributed by atoms with Crippen molar-refractivity contribution in [1.82, 2.24) is 52.3 Å². The number of carbonyl (C=O) groups excluding carboxylic acids is 10. The number of aliphatic hydroxyl groups is 1. The first kappa shape index (κ1) is 61.9. The highest BCUT2D eigenvalue weighted by Gasteiger charge is 2.40. The number of likely N-dealkylation sites (N-methyl/N-ethyl adjacent to an activating group) is 2. The predicted octanol–water partition coefficient (Wildman–Crippen LogP) is -3.71. The SMILES string of the molecule is CCC[C@H](NC(=O)[C@@H](NC(=O)[C@@H](CCCN)NC(=O)[C@@H](NC(=O)CNC(=O)CN(C)C(C)=O)C(C)C)[C@@H](C)O)C(=O)N[C@H](C(=O)N[C@@H](CCCN=C(N)N)C(=O)N1CCC[C@H]1C(=O)NCC)[C@@H](C)CC. The Bertz CT molecular complexity index is 1810. The molecule has 0 aromatic carbocycles. The standard InChI is InChI=1S/C45H82N14O11/c1-10-16-29(38(64)56-36(26(6)11-2)42(68)54-31(18-14-21-50-45(47)48)44(70)59-22-15-19-32(59)40(66)49-12-3)52-43(69)37(27(7)60)57-39(65)30(17-13-20-46)53-41(67)35(25(4)5)55-33(62)23-51-34(63)24-58(9)28(8)61/h25-27,29-32,35-37,60H,10-24,46H2,1-9H3,(H,49,66)(H,51,63)(H,52,69)(H,53,67)(H,54,68)(H,55,62)(H,56,64)(H,57,65)(H4,47,48,50)/t26-,27+,29-,30+,31-,32-,35-,36-,37-/m0/s1. The van der Waals surface area contributed by atoms with Gasteiger partial charge in [-0.1, -0.05) is 47.5 Å². The van der Waals surface area contributed by atoms with Gasteiger partial charge < -0.3 is 74.6 Å². The molecule has 0 spiro atoms. The molecule has 1 aliphatic heterocycles. The van der Waals surface area contributed by atoms with Crippen molar-refractivity contribution in [3.05, 3.63) is 0 Å². The molecule has 15 N–H and O–H groups in total. The lowest BCUT2D eigenvalue weighted by Crippen LogP contribution is -2.62. The van der Waals surface area contributed by atoms with Gasteiger partial charge in [0.05, 0.1) is 19.2 Å².